The van der Waals surface area contributed by atoms with Crippen LogP contribution in [0.25, 0.3) is 6.08 Å². The Morgan fingerprint density at radius 2 is 1.97 bits per heavy atom. The van der Waals surface area contributed by atoms with Crippen molar-refractivity contribution in [3.05, 3.63) is 64.0 Å². The Balaban J connectivity index is 1.45. The molecule has 0 unspecified atom stereocenters. The number of benzene rings is 1. The number of nitrogens with one attached hydrogen (secondary N) is 1. The second-order valence-electron chi connectivity index (χ2n) is 7.67. The first-order chi connectivity index (χ1) is 14.1. The zero-order valence-corrected chi connectivity index (χ0v) is 17.5. The minimum atomic E-state index is -0.263. The molecule has 29 heavy (non-hydrogen) atoms. The first kappa shape index (κ1) is 19.9. The predicted octanol–water partition coefficient (Wildman–Crippen LogP) is 3.97. The fraction of sp³-hybridized carbons (Fsp3) is 0.391. The summed E-state index contributed by atoms with van der Waals surface area (Å²) in [7, 11) is 0. The number of rotatable bonds is 6. The highest BCUT2D eigenvalue weighted by Crippen LogP contribution is 2.33. The second-order valence-corrected chi connectivity index (χ2v) is 8.65. The Morgan fingerprint density at radius 3 is 2.69 bits per heavy atom. The summed E-state index contributed by atoms with van der Waals surface area (Å²) in [5, 5.41) is 5.24. The van der Waals surface area contributed by atoms with Crippen LogP contribution in [0.15, 0.2) is 48.0 Å². The molecule has 0 bridgehead atoms. The Kier molecular flexibility index (Phi) is 6.11. The van der Waals surface area contributed by atoms with Gasteiger partial charge >= 0.3 is 0 Å². The van der Waals surface area contributed by atoms with Gasteiger partial charge in [-0.2, -0.15) is 0 Å². The van der Waals surface area contributed by atoms with Crippen LogP contribution in [0.1, 0.15) is 54.3 Å². The molecule has 2 aliphatic rings. The number of amides is 2. The van der Waals surface area contributed by atoms with E-state index in [4.69, 9.17) is 0 Å². The summed E-state index contributed by atoms with van der Waals surface area (Å²) >= 11 is 1.75. The molecule has 0 saturated carbocycles. The highest BCUT2D eigenvalue weighted by molar-refractivity contribution is 7.10. The van der Waals surface area contributed by atoms with E-state index in [9.17, 15) is 9.59 Å². The number of hydrogen-bond donors (Lipinski definition) is 1. The average molecular weight is 410 g/mol. The molecule has 0 radical (unpaired) electrons. The van der Waals surface area contributed by atoms with Gasteiger partial charge in [0.15, 0.2) is 0 Å². The molecule has 2 aliphatic heterocycles. The zero-order valence-electron chi connectivity index (χ0n) is 16.7. The monoisotopic (exact) mass is 409 g/mol. The fourth-order valence-corrected chi connectivity index (χ4v) is 5.18. The number of hydrogen-bond acceptors (Lipinski definition) is 4. The van der Waals surface area contributed by atoms with E-state index < -0.39 is 0 Å². The van der Waals surface area contributed by atoms with Crippen LogP contribution in [-0.2, 0) is 9.59 Å². The third kappa shape index (κ3) is 4.43. The molecule has 1 saturated heterocycles. The first-order valence-electron chi connectivity index (χ1n) is 10.2. The fourth-order valence-electron chi connectivity index (χ4n) is 4.32. The van der Waals surface area contributed by atoms with Gasteiger partial charge in [-0.3, -0.25) is 14.5 Å². The minimum absolute atomic E-state index is 0.0212. The maximum Gasteiger partial charge on any atom is 0.223 e. The van der Waals surface area contributed by atoms with Gasteiger partial charge in [0.25, 0.3) is 0 Å². The van der Waals surface area contributed by atoms with E-state index >= 15 is 0 Å². The molecule has 3 heterocycles. The van der Waals surface area contributed by atoms with Crippen LogP contribution < -0.4 is 5.32 Å². The Hall–Kier alpha value is -2.44. The maximum atomic E-state index is 12.9. The summed E-state index contributed by atoms with van der Waals surface area (Å²) in [5.41, 5.74) is 2.09. The summed E-state index contributed by atoms with van der Waals surface area (Å²) < 4.78 is 0. The lowest BCUT2D eigenvalue weighted by Crippen LogP contribution is -2.39. The molecule has 2 atom stereocenters. The van der Waals surface area contributed by atoms with E-state index in [0.717, 1.165) is 24.2 Å². The number of carbonyl (C=O) groups excluding carboxylic acids is 2. The van der Waals surface area contributed by atoms with E-state index in [1.807, 2.05) is 30.3 Å². The van der Waals surface area contributed by atoms with Crippen molar-refractivity contribution in [2.75, 3.05) is 19.6 Å². The van der Waals surface area contributed by atoms with Crippen LogP contribution in [0.4, 0.5) is 0 Å². The van der Waals surface area contributed by atoms with Gasteiger partial charge in [-0.15, -0.1) is 11.3 Å². The van der Waals surface area contributed by atoms with Gasteiger partial charge in [0.1, 0.15) is 0 Å². The number of carbonyl (C=O) groups is 2. The molecule has 1 N–H and O–H groups in total. The second kappa shape index (κ2) is 8.93. The summed E-state index contributed by atoms with van der Waals surface area (Å²) in [4.78, 5) is 30.4. The van der Waals surface area contributed by atoms with E-state index in [1.54, 1.807) is 29.4 Å². The van der Waals surface area contributed by atoms with Crippen LogP contribution >= 0.6 is 11.3 Å². The van der Waals surface area contributed by atoms with E-state index in [1.165, 1.54) is 17.7 Å². The standard InChI is InChI=1S/C23H27N3O2S/c1-17(27)26-13-10-18-7-2-3-8-19(18)20(26)15-23(28)24-16-21(22-9-6-14-29-22)25-11-4-5-12-25/h2-3,6-10,13-14,20-21H,4-5,11-12,15-16H2,1H3,(H,24,28)/t20-,21-/m1/s1. The molecule has 6 heteroatoms. The zero-order chi connectivity index (χ0) is 20.2. The highest BCUT2D eigenvalue weighted by atomic mass is 32.1. The van der Waals surface area contributed by atoms with Crippen molar-refractivity contribution < 1.29 is 9.59 Å². The third-order valence-corrected chi connectivity index (χ3v) is 6.77. The first-order valence-corrected chi connectivity index (χ1v) is 11.1. The van der Waals surface area contributed by atoms with Crippen LogP contribution in [0.5, 0.6) is 0 Å². The number of likely N-dealkylation sites (tertiary alicyclic amines) is 1. The van der Waals surface area contributed by atoms with Gasteiger partial charge < -0.3 is 10.2 Å². The molecule has 2 aromatic rings. The molecule has 2 amide bonds. The summed E-state index contributed by atoms with van der Waals surface area (Å²) in [5.74, 6) is -0.0748. The van der Waals surface area contributed by atoms with Gasteiger partial charge in [-0.1, -0.05) is 30.3 Å². The van der Waals surface area contributed by atoms with E-state index in [0.29, 0.717) is 6.54 Å². The summed E-state index contributed by atoms with van der Waals surface area (Å²) in [6, 6.07) is 12.2. The van der Waals surface area contributed by atoms with Crippen molar-refractivity contribution in [3.8, 4) is 0 Å². The maximum absolute atomic E-state index is 12.9. The molecular formula is C23H27N3O2S. The van der Waals surface area contributed by atoms with Crippen LogP contribution in [0.2, 0.25) is 0 Å². The van der Waals surface area contributed by atoms with Gasteiger partial charge in [0.05, 0.1) is 18.5 Å². The molecule has 1 aromatic carbocycles. The molecule has 0 aliphatic carbocycles. The van der Waals surface area contributed by atoms with Crippen LogP contribution in [-0.4, -0.2) is 41.2 Å². The normalized spacial score (nSPS) is 19.8. The molecule has 1 aromatic heterocycles. The third-order valence-electron chi connectivity index (χ3n) is 5.79. The molecule has 5 nitrogen and oxygen atoms in total. The Labute approximate surface area is 176 Å². The predicted molar refractivity (Wildman–Crippen MR) is 116 cm³/mol. The van der Waals surface area contributed by atoms with Crippen LogP contribution in [0, 0.1) is 0 Å². The van der Waals surface area contributed by atoms with E-state index in [2.05, 4.69) is 27.7 Å². The SMILES string of the molecule is CC(=O)N1C=Cc2ccccc2[C@H]1CC(=O)NC[C@H](c1cccs1)N1CCCC1. The Morgan fingerprint density at radius 1 is 1.17 bits per heavy atom. The molecule has 0 spiro atoms. The number of thiophene rings is 1. The largest absolute Gasteiger partial charge is 0.354 e. The molecule has 1 fully saturated rings. The lowest BCUT2D eigenvalue weighted by molar-refractivity contribution is -0.130. The quantitative estimate of drug-likeness (QED) is 0.786. The summed E-state index contributed by atoms with van der Waals surface area (Å²) in [6.07, 6.45) is 6.42. The van der Waals surface area contributed by atoms with Crippen molar-refractivity contribution in [3.63, 3.8) is 0 Å². The minimum Gasteiger partial charge on any atom is -0.354 e. The van der Waals surface area contributed by atoms with E-state index in [-0.39, 0.29) is 30.3 Å². The van der Waals surface area contributed by atoms with Crippen molar-refractivity contribution in [2.24, 2.45) is 0 Å². The van der Waals surface area contributed by atoms with Crippen molar-refractivity contribution in [2.45, 2.75) is 38.3 Å². The molecule has 4 rings (SSSR count). The highest BCUT2D eigenvalue weighted by Gasteiger charge is 2.29. The lowest BCUT2D eigenvalue weighted by Gasteiger charge is -2.32. The molecule has 152 valence electrons. The number of nitrogens with zero attached hydrogens (tertiary/aromatic N) is 2. The Bertz CT molecular complexity index is 887. The van der Waals surface area contributed by atoms with Crippen molar-refractivity contribution in [1.29, 1.82) is 0 Å². The number of fused-ring (bicyclic) bond motifs is 1. The lowest BCUT2D eigenvalue weighted by atomic mass is 9.93. The van der Waals surface area contributed by atoms with Gasteiger partial charge in [-0.05, 0) is 54.6 Å². The summed E-state index contributed by atoms with van der Waals surface area (Å²) in [6.45, 7) is 4.31. The average Bonchev–Trinajstić information content (AvgIpc) is 3.43. The van der Waals surface area contributed by atoms with Gasteiger partial charge in [0, 0.05) is 24.5 Å². The van der Waals surface area contributed by atoms with Crippen molar-refractivity contribution >= 4 is 29.2 Å². The van der Waals surface area contributed by atoms with Crippen LogP contribution in [0.3, 0.4) is 0 Å². The van der Waals surface area contributed by atoms with Gasteiger partial charge in [0.2, 0.25) is 11.8 Å². The smallest absolute Gasteiger partial charge is 0.223 e. The topological polar surface area (TPSA) is 52.7 Å². The molecular weight excluding hydrogens is 382 g/mol. The van der Waals surface area contributed by atoms with Gasteiger partial charge in [-0.25, -0.2) is 0 Å². The van der Waals surface area contributed by atoms with Crippen molar-refractivity contribution in [1.82, 2.24) is 15.1 Å².